The zero-order valence-corrected chi connectivity index (χ0v) is 15.7. The minimum Gasteiger partial charge on any atom is -0.371 e. The first-order chi connectivity index (χ1) is 12.8. The van der Waals surface area contributed by atoms with Gasteiger partial charge in [0.05, 0.1) is 22.6 Å². The van der Waals surface area contributed by atoms with Crippen molar-refractivity contribution >= 4 is 17.0 Å². The molecule has 4 rings (SSSR count). The molecule has 1 fully saturated rings. The number of piperidine rings is 1. The molecule has 3 heterocycles. The molecule has 0 atom stereocenters. The van der Waals surface area contributed by atoms with Crippen molar-refractivity contribution in [1.29, 1.82) is 0 Å². The van der Waals surface area contributed by atoms with Crippen molar-refractivity contribution in [3.05, 3.63) is 58.9 Å². The Labute approximate surface area is 158 Å². The van der Waals surface area contributed by atoms with E-state index < -0.39 is 0 Å². The van der Waals surface area contributed by atoms with Crippen LogP contribution in [0.1, 0.15) is 24.2 Å². The molecule has 1 aliphatic rings. The van der Waals surface area contributed by atoms with Crippen LogP contribution in [0.25, 0.3) is 11.3 Å². The predicted molar refractivity (Wildman–Crippen MR) is 106 cm³/mol. The highest BCUT2D eigenvalue weighted by Gasteiger charge is 2.19. The highest BCUT2D eigenvalue weighted by atomic mass is 32.1. The minimum absolute atomic E-state index is 0.545. The van der Waals surface area contributed by atoms with Gasteiger partial charge in [0.15, 0.2) is 0 Å². The zero-order valence-electron chi connectivity index (χ0n) is 14.9. The Bertz CT molecular complexity index is 806. The molecule has 1 saturated heterocycles. The van der Waals surface area contributed by atoms with Gasteiger partial charge >= 0.3 is 0 Å². The molecule has 0 spiro atoms. The van der Waals surface area contributed by atoms with E-state index in [4.69, 9.17) is 0 Å². The van der Waals surface area contributed by atoms with Crippen LogP contribution >= 0.6 is 11.3 Å². The van der Waals surface area contributed by atoms with Crippen LogP contribution in [0.4, 0.5) is 5.69 Å². The van der Waals surface area contributed by atoms with E-state index >= 15 is 0 Å². The fourth-order valence-corrected chi connectivity index (χ4v) is 3.86. The molecule has 1 aliphatic heterocycles. The SMILES string of the molecule is Cc1cnc(CNC2CCN(c3ccc(-c4cscn4)cc3)CC2)cn1. The highest BCUT2D eigenvalue weighted by Crippen LogP contribution is 2.25. The Morgan fingerprint density at radius 1 is 1.08 bits per heavy atom. The third kappa shape index (κ3) is 4.08. The Morgan fingerprint density at radius 3 is 2.54 bits per heavy atom. The Hall–Kier alpha value is -2.31. The van der Waals surface area contributed by atoms with Gasteiger partial charge in [-0.15, -0.1) is 11.3 Å². The van der Waals surface area contributed by atoms with Crippen LogP contribution < -0.4 is 10.2 Å². The first-order valence-corrected chi connectivity index (χ1v) is 9.97. The van der Waals surface area contributed by atoms with E-state index in [9.17, 15) is 0 Å². The summed E-state index contributed by atoms with van der Waals surface area (Å²) >= 11 is 1.63. The van der Waals surface area contributed by atoms with Gasteiger partial charge in [-0.25, -0.2) is 4.98 Å². The van der Waals surface area contributed by atoms with Gasteiger partial charge in [0, 0.05) is 54.7 Å². The van der Waals surface area contributed by atoms with Crippen LogP contribution in [0.5, 0.6) is 0 Å². The summed E-state index contributed by atoms with van der Waals surface area (Å²) in [6, 6.07) is 9.31. The third-order valence-corrected chi connectivity index (χ3v) is 5.45. The van der Waals surface area contributed by atoms with Crippen molar-refractivity contribution in [3.8, 4) is 11.3 Å². The molecule has 2 aromatic heterocycles. The lowest BCUT2D eigenvalue weighted by molar-refractivity contribution is 0.412. The van der Waals surface area contributed by atoms with Crippen LogP contribution in [-0.4, -0.2) is 34.1 Å². The van der Waals surface area contributed by atoms with Crippen molar-refractivity contribution in [2.45, 2.75) is 32.4 Å². The van der Waals surface area contributed by atoms with Crippen LogP contribution in [-0.2, 0) is 6.54 Å². The number of anilines is 1. The number of aromatic nitrogens is 3. The Kier molecular flexibility index (Phi) is 5.22. The summed E-state index contributed by atoms with van der Waals surface area (Å²) in [6.07, 6.45) is 5.98. The van der Waals surface area contributed by atoms with Crippen molar-refractivity contribution in [3.63, 3.8) is 0 Å². The maximum Gasteiger partial charge on any atom is 0.0811 e. The van der Waals surface area contributed by atoms with E-state index in [1.54, 1.807) is 11.3 Å². The second kappa shape index (κ2) is 7.93. The van der Waals surface area contributed by atoms with Crippen molar-refractivity contribution in [2.75, 3.05) is 18.0 Å². The van der Waals surface area contributed by atoms with E-state index in [0.717, 1.165) is 49.6 Å². The fraction of sp³-hybridized carbons (Fsp3) is 0.350. The van der Waals surface area contributed by atoms with Gasteiger partial charge in [0.1, 0.15) is 0 Å². The lowest BCUT2D eigenvalue weighted by atomic mass is 10.0. The first-order valence-electron chi connectivity index (χ1n) is 9.02. The van der Waals surface area contributed by atoms with Gasteiger partial charge in [-0.3, -0.25) is 9.97 Å². The Morgan fingerprint density at radius 2 is 1.88 bits per heavy atom. The predicted octanol–water partition coefficient (Wildman–Crippen LogP) is 3.67. The number of hydrogen-bond donors (Lipinski definition) is 1. The van der Waals surface area contributed by atoms with Crippen molar-refractivity contribution in [1.82, 2.24) is 20.3 Å². The number of aryl methyl sites for hydroxylation is 1. The molecular weight excluding hydrogens is 342 g/mol. The summed E-state index contributed by atoms with van der Waals surface area (Å²) in [4.78, 5) is 15.6. The summed E-state index contributed by atoms with van der Waals surface area (Å²) in [6.45, 7) is 4.91. The molecule has 6 heteroatoms. The molecule has 134 valence electrons. The molecular formula is C20H23N5S. The van der Waals surface area contributed by atoms with Crippen LogP contribution in [0.3, 0.4) is 0 Å². The van der Waals surface area contributed by atoms with Crippen LogP contribution in [0.2, 0.25) is 0 Å². The van der Waals surface area contributed by atoms with Crippen LogP contribution in [0, 0.1) is 6.92 Å². The molecule has 26 heavy (non-hydrogen) atoms. The van der Waals surface area contributed by atoms with Gasteiger partial charge < -0.3 is 10.2 Å². The molecule has 0 saturated carbocycles. The van der Waals surface area contributed by atoms with Crippen molar-refractivity contribution in [2.24, 2.45) is 0 Å². The molecule has 3 aromatic rings. The number of rotatable bonds is 5. The lowest BCUT2D eigenvalue weighted by Crippen LogP contribution is -2.42. The second-order valence-corrected chi connectivity index (χ2v) is 7.43. The molecule has 0 aliphatic carbocycles. The summed E-state index contributed by atoms with van der Waals surface area (Å²) in [5, 5.41) is 5.71. The smallest absolute Gasteiger partial charge is 0.0811 e. The van der Waals surface area contributed by atoms with Crippen molar-refractivity contribution < 1.29 is 0 Å². The molecule has 0 radical (unpaired) electrons. The molecule has 1 aromatic carbocycles. The van der Waals surface area contributed by atoms with Crippen LogP contribution in [0.15, 0.2) is 47.5 Å². The quantitative estimate of drug-likeness (QED) is 0.748. The largest absolute Gasteiger partial charge is 0.371 e. The maximum atomic E-state index is 4.41. The van der Waals surface area contributed by atoms with Gasteiger partial charge in [0.25, 0.3) is 0 Å². The molecule has 0 bridgehead atoms. The highest BCUT2D eigenvalue weighted by molar-refractivity contribution is 7.07. The number of nitrogens with zero attached hydrogens (tertiary/aromatic N) is 4. The summed E-state index contributed by atoms with van der Waals surface area (Å²) < 4.78 is 0. The standard InChI is InChI=1S/C20H23N5S/c1-15-10-22-18(11-21-15)12-23-17-6-8-25(9-7-17)19-4-2-16(3-5-19)20-13-26-14-24-20/h2-5,10-11,13-14,17,23H,6-9,12H2,1H3. The van der Waals surface area contributed by atoms with Gasteiger partial charge in [0.2, 0.25) is 0 Å². The monoisotopic (exact) mass is 365 g/mol. The fourth-order valence-electron chi connectivity index (χ4n) is 3.30. The summed E-state index contributed by atoms with van der Waals surface area (Å²) in [5.74, 6) is 0. The van der Waals surface area contributed by atoms with E-state index in [0.29, 0.717) is 6.04 Å². The molecule has 1 N–H and O–H groups in total. The molecule has 0 amide bonds. The van der Waals surface area contributed by atoms with Gasteiger partial charge in [-0.1, -0.05) is 12.1 Å². The topological polar surface area (TPSA) is 53.9 Å². The second-order valence-electron chi connectivity index (χ2n) is 6.71. The number of hydrogen-bond acceptors (Lipinski definition) is 6. The first kappa shape index (κ1) is 17.1. The van der Waals surface area contributed by atoms with E-state index in [1.165, 1.54) is 11.3 Å². The van der Waals surface area contributed by atoms with E-state index in [1.807, 2.05) is 24.8 Å². The van der Waals surface area contributed by atoms with E-state index in [2.05, 4.69) is 54.8 Å². The third-order valence-electron chi connectivity index (χ3n) is 4.86. The normalized spacial score (nSPS) is 15.3. The van der Waals surface area contributed by atoms with Gasteiger partial charge in [-0.05, 0) is 31.9 Å². The van der Waals surface area contributed by atoms with E-state index in [-0.39, 0.29) is 0 Å². The average molecular weight is 366 g/mol. The molecule has 0 unspecified atom stereocenters. The summed E-state index contributed by atoms with van der Waals surface area (Å²) in [7, 11) is 0. The number of thiazole rings is 1. The minimum atomic E-state index is 0.545. The average Bonchev–Trinajstić information content (AvgIpc) is 3.23. The zero-order chi connectivity index (χ0) is 17.8. The molecule has 5 nitrogen and oxygen atoms in total. The Balaban J connectivity index is 1.28. The number of benzene rings is 1. The number of nitrogens with one attached hydrogen (secondary N) is 1. The summed E-state index contributed by atoms with van der Waals surface area (Å²) in [5.41, 5.74) is 7.39. The lowest BCUT2D eigenvalue weighted by Gasteiger charge is -2.34. The maximum absolute atomic E-state index is 4.41. The van der Waals surface area contributed by atoms with Gasteiger partial charge in [-0.2, -0.15) is 0 Å².